The van der Waals surface area contributed by atoms with E-state index < -0.39 is 0 Å². The molecule has 3 heteroatoms. The van der Waals surface area contributed by atoms with Gasteiger partial charge in [-0.2, -0.15) is 5.10 Å². The number of hydrogen-bond donors (Lipinski definition) is 1. The number of hydrogen-bond acceptors (Lipinski definition) is 2. The summed E-state index contributed by atoms with van der Waals surface area (Å²) in [6.45, 7) is 8.77. The summed E-state index contributed by atoms with van der Waals surface area (Å²) in [5, 5.41) is 4.63. The molecule has 2 aromatic rings. The second kappa shape index (κ2) is 6.90. The first kappa shape index (κ1) is 15.8. The summed E-state index contributed by atoms with van der Waals surface area (Å²) < 4.78 is 2.03. The van der Waals surface area contributed by atoms with Gasteiger partial charge in [-0.1, -0.05) is 45.0 Å². The van der Waals surface area contributed by atoms with Crippen LogP contribution in [-0.4, -0.2) is 9.78 Å². The van der Waals surface area contributed by atoms with Crippen LogP contribution in [0.3, 0.4) is 0 Å². The average Bonchev–Trinajstić information content (AvgIpc) is 2.95. The summed E-state index contributed by atoms with van der Waals surface area (Å²) in [6.07, 6.45) is 3.92. The Balaban J connectivity index is 2.03. The predicted octanol–water partition coefficient (Wildman–Crippen LogP) is 4.22. The van der Waals surface area contributed by atoms with E-state index in [0.717, 1.165) is 18.5 Å². The van der Waals surface area contributed by atoms with Gasteiger partial charge in [0.05, 0.1) is 5.69 Å². The van der Waals surface area contributed by atoms with E-state index in [0.29, 0.717) is 12.0 Å². The standard InChI is InChI=1S/C18H27N3/c1-5-14(4)21-11-10-17(20-21)12-18(19)16-8-6-15(7-9-16)13(2)3/h6-11,13-14,18H,5,12,19H2,1-4H3. The van der Waals surface area contributed by atoms with Gasteiger partial charge in [0.25, 0.3) is 0 Å². The lowest BCUT2D eigenvalue weighted by atomic mass is 9.97. The van der Waals surface area contributed by atoms with E-state index in [1.165, 1.54) is 11.1 Å². The zero-order chi connectivity index (χ0) is 15.4. The molecule has 0 radical (unpaired) electrons. The molecule has 114 valence electrons. The zero-order valence-corrected chi connectivity index (χ0v) is 13.6. The Morgan fingerprint density at radius 3 is 2.24 bits per heavy atom. The normalized spacial score (nSPS) is 14.4. The molecule has 0 fully saturated rings. The highest BCUT2D eigenvalue weighted by Crippen LogP contribution is 2.20. The third-order valence-electron chi connectivity index (χ3n) is 4.17. The Bertz CT molecular complexity index is 554. The fourth-order valence-electron chi connectivity index (χ4n) is 2.39. The fraction of sp³-hybridized carbons (Fsp3) is 0.500. The van der Waals surface area contributed by atoms with Crippen molar-refractivity contribution in [2.75, 3.05) is 0 Å². The summed E-state index contributed by atoms with van der Waals surface area (Å²) in [5.41, 5.74) is 9.92. The Morgan fingerprint density at radius 2 is 1.67 bits per heavy atom. The van der Waals surface area contributed by atoms with Crippen LogP contribution < -0.4 is 5.73 Å². The van der Waals surface area contributed by atoms with Crippen LogP contribution in [-0.2, 0) is 6.42 Å². The second-order valence-electron chi connectivity index (χ2n) is 6.18. The Morgan fingerprint density at radius 1 is 1.05 bits per heavy atom. The number of nitrogens with two attached hydrogens (primary N) is 1. The molecule has 0 aliphatic rings. The van der Waals surface area contributed by atoms with Gasteiger partial charge in [0.15, 0.2) is 0 Å². The molecule has 0 spiro atoms. The lowest BCUT2D eigenvalue weighted by Gasteiger charge is -2.13. The molecule has 2 rings (SSSR count). The SMILES string of the molecule is CCC(C)n1ccc(CC(N)c2ccc(C(C)C)cc2)n1. The first-order valence-electron chi connectivity index (χ1n) is 7.90. The molecule has 1 heterocycles. The highest BCUT2D eigenvalue weighted by molar-refractivity contribution is 5.27. The van der Waals surface area contributed by atoms with Crippen molar-refractivity contribution < 1.29 is 0 Å². The van der Waals surface area contributed by atoms with Crippen LogP contribution in [0.2, 0.25) is 0 Å². The van der Waals surface area contributed by atoms with Crippen LogP contribution in [0.4, 0.5) is 0 Å². The summed E-state index contributed by atoms with van der Waals surface area (Å²) in [6, 6.07) is 11.2. The first-order chi connectivity index (χ1) is 10.0. The molecular formula is C18H27N3. The van der Waals surface area contributed by atoms with Crippen LogP contribution in [0.5, 0.6) is 0 Å². The van der Waals surface area contributed by atoms with E-state index in [9.17, 15) is 0 Å². The topological polar surface area (TPSA) is 43.8 Å². The Labute approximate surface area is 128 Å². The van der Waals surface area contributed by atoms with Crippen molar-refractivity contribution in [3.63, 3.8) is 0 Å². The second-order valence-corrected chi connectivity index (χ2v) is 6.18. The van der Waals surface area contributed by atoms with Crippen molar-refractivity contribution in [1.82, 2.24) is 9.78 Å². The summed E-state index contributed by atoms with van der Waals surface area (Å²) in [5.74, 6) is 0.557. The highest BCUT2D eigenvalue weighted by Gasteiger charge is 2.11. The van der Waals surface area contributed by atoms with Gasteiger partial charge in [-0.15, -0.1) is 0 Å². The van der Waals surface area contributed by atoms with E-state index >= 15 is 0 Å². The maximum absolute atomic E-state index is 6.32. The van der Waals surface area contributed by atoms with Crippen molar-refractivity contribution in [2.24, 2.45) is 5.73 Å². The van der Waals surface area contributed by atoms with Crippen molar-refractivity contribution in [2.45, 2.75) is 58.5 Å². The predicted molar refractivity (Wildman–Crippen MR) is 88.4 cm³/mol. The van der Waals surface area contributed by atoms with Gasteiger partial charge in [0.1, 0.15) is 0 Å². The maximum Gasteiger partial charge on any atom is 0.0643 e. The summed E-state index contributed by atoms with van der Waals surface area (Å²) >= 11 is 0. The molecule has 2 N–H and O–H groups in total. The van der Waals surface area contributed by atoms with E-state index in [2.05, 4.69) is 69.3 Å². The summed E-state index contributed by atoms with van der Waals surface area (Å²) in [4.78, 5) is 0. The van der Waals surface area contributed by atoms with Gasteiger partial charge >= 0.3 is 0 Å². The number of aromatic nitrogens is 2. The molecule has 2 atom stereocenters. The molecular weight excluding hydrogens is 258 g/mol. The molecule has 0 bridgehead atoms. The third-order valence-corrected chi connectivity index (χ3v) is 4.17. The minimum atomic E-state index is 0.00601. The summed E-state index contributed by atoms with van der Waals surface area (Å²) in [7, 11) is 0. The number of nitrogens with zero attached hydrogens (tertiary/aromatic N) is 2. The van der Waals surface area contributed by atoms with Gasteiger partial charge in [-0.3, -0.25) is 4.68 Å². The van der Waals surface area contributed by atoms with Crippen LogP contribution in [0, 0.1) is 0 Å². The van der Waals surface area contributed by atoms with Gasteiger partial charge in [-0.25, -0.2) is 0 Å². The van der Waals surface area contributed by atoms with E-state index in [1.54, 1.807) is 0 Å². The van der Waals surface area contributed by atoms with Crippen molar-refractivity contribution in [3.05, 3.63) is 53.3 Å². The van der Waals surface area contributed by atoms with Gasteiger partial charge in [0.2, 0.25) is 0 Å². The molecule has 21 heavy (non-hydrogen) atoms. The van der Waals surface area contributed by atoms with Crippen molar-refractivity contribution in [3.8, 4) is 0 Å². The number of benzene rings is 1. The smallest absolute Gasteiger partial charge is 0.0643 e. The van der Waals surface area contributed by atoms with Gasteiger partial charge < -0.3 is 5.73 Å². The van der Waals surface area contributed by atoms with Crippen LogP contribution >= 0.6 is 0 Å². The molecule has 2 unspecified atom stereocenters. The fourth-order valence-corrected chi connectivity index (χ4v) is 2.39. The molecule has 0 saturated carbocycles. The maximum atomic E-state index is 6.32. The number of rotatable bonds is 6. The minimum Gasteiger partial charge on any atom is -0.324 e. The lowest BCUT2D eigenvalue weighted by Crippen LogP contribution is -2.14. The Kier molecular flexibility index (Phi) is 5.18. The zero-order valence-electron chi connectivity index (χ0n) is 13.6. The van der Waals surface area contributed by atoms with E-state index in [4.69, 9.17) is 5.73 Å². The van der Waals surface area contributed by atoms with Gasteiger partial charge in [-0.05, 0) is 36.5 Å². The van der Waals surface area contributed by atoms with Crippen molar-refractivity contribution in [1.29, 1.82) is 0 Å². The Hall–Kier alpha value is -1.61. The molecule has 1 aromatic carbocycles. The lowest BCUT2D eigenvalue weighted by molar-refractivity contribution is 0.472. The van der Waals surface area contributed by atoms with E-state index in [-0.39, 0.29) is 6.04 Å². The first-order valence-corrected chi connectivity index (χ1v) is 7.90. The quantitative estimate of drug-likeness (QED) is 0.863. The molecule has 0 saturated heterocycles. The van der Waals surface area contributed by atoms with Crippen LogP contribution in [0.1, 0.15) is 68.9 Å². The molecule has 0 aliphatic heterocycles. The molecule has 0 amide bonds. The largest absolute Gasteiger partial charge is 0.324 e. The van der Waals surface area contributed by atoms with Crippen LogP contribution in [0.15, 0.2) is 36.5 Å². The van der Waals surface area contributed by atoms with Crippen LogP contribution in [0.25, 0.3) is 0 Å². The molecule has 1 aromatic heterocycles. The highest BCUT2D eigenvalue weighted by atomic mass is 15.3. The average molecular weight is 285 g/mol. The molecule has 3 nitrogen and oxygen atoms in total. The molecule has 0 aliphatic carbocycles. The monoisotopic (exact) mass is 285 g/mol. The minimum absolute atomic E-state index is 0.00601. The van der Waals surface area contributed by atoms with Gasteiger partial charge in [0, 0.05) is 24.7 Å². The third kappa shape index (κ3) is 3.94. The van der Waals surface area contributed by atoms with E-state index in [1.807, 2.05) is 4.68 Å². The van der Waals surface area contributed by atoms with Crippen molar-refractivity contribution >= 4 is 0 Å².